The summed E-state index contributed by atoms with van der Waals surface area (Å²) < 4.78 is 0. The van der Waals surface area contributed by atoms with E-state index in [0.717, 1.165) is 31.5 Å². The van der Waals surface area contributed by atoms with Gasteiger partial charge in [-0.25, -0.2) is 0 Å². The average molecular weight is 301 g/mol. The van der Waals surface area contributed by atoms with Gasteiger partial charge in [0.25, 0.3) is 0 Å². The third-order valence-electron chi connectivity index (χ3n) is 4.57. The fraction of sp³-hybridized carbons (Fsp3) is 0.529. The minimum absolute atomic E-state index is 0.0202. The Kier molecular flexibility index (Phi) is 4.73. The number of carbonyl (C=O) groups is 2. The number of carbonyl (C=O) groups excluding carboxylic acids is 2. The highest BCUT2D eigenvalue weighted by atomic mass is 16.2. The molecule has 2 amide bonds. The summed E-state index contributed by atoms with van der Waals surface area (Å²) in [7, 11) is 0. The lowest BCUT2D eigenvalue weighted by atomic mass is 10.0. The summed E-state index contributed by atoms with van der Waals surface area (Å²) in [5, 5.41) is 6.29. The number of rotatable bonds is 4. The van der Waals surface area contributed by atoms with Crippen LogP contribution in [0, 0.1) is 0 Å². The number of nitrogens with one attached hydrogen (secondary N) is 2. The molecule has 2 aliphatic heterocycles. The first kappa shape index (κ1) is 15.0. The number of hydrogen-bond acceptors (Lipinski definition) is 3. The van der Waals surface area contributed by atoms with E-state index < -0.39 is 0 Å². The quantitative estimate of drug-likeness (QED) is 0.874. The zero-order chi connectivity index (χ0) is 15.4. The summed E-state index contributed by atoms with van der Waals surface area (Å²) in [5.74, 6) is 0.111. The van der Waals surface area contributed by atoms with Gasteiger partial charge in [-0.05, 0) is 37.9 Å². The van der Waals surface area contributed by atoms with E-state index in [-0.39, 0.29) is 23.9 Å². The Hall–Kier alpha value is -1.88. The van der Waals surface area contributed by atoms with Crippen molar-refractivity contribution in [1.82, 2.24) is 15.5 Å². The molecule has 0 radical (unpaired) electrons. The molecule has 0 saturated carbocycles. The largest absolute Gasteiger partial charge is 0.350 e. The molecular formula is C17H23N3O2. The third kappa shape index (κ3) is 3.30. The fourth-order valence-corrected chi connectivity index (χ4v) is 3.41. The van der Waals surface area contributed by atoms with Crippen LogP contribution in [-0.2, 0) is 16.1 Å². The molecule has 2 heterocycles. The van der Waals surface area contributed by atoms with Crippen LogP contribution in [0.5, 0.6) is 0 Å². The Morgan fingerprint density at radius 3 is 2.64 bits per heavy atom. The van der Waals surface area contributed by atoms with Crippen molar-refractivity contribution in [3.63, 3.8) is 0 Å². The summed E-state index contributed by atoms with van der Waals surface area (Å²) in [6, 6.07) is 9.78. The van der Waals surface area contributed by atoms with Gasteiger partial charge in [-0.2, -0.15) is 0 Å². The second-order valence-electron chi connectivity index (χ2n) is 6.04. The van der Waals surface area contributed by atoms with Gasteiger partial charge in [0.2, 0.25) is 11.8 Å². The summed E-state index contributed by atoms with van der Waals surface area (Å²) in [4.78, 5) is 26.5. The molecule has 2 fully saturated rings. The lowest BCUT2D eigenvalue weighted by Crippen LogP contribution is -2.52. The highest BCUT2D eigenvalue weighted by Crippen LogP contribution is 2.25. The maximum Gasteiger partial charge on any atom is 0.243 e. The number of nitrogens with zero attached hydrogens (tertiary/aromatic N) is 1. The molecule has 2 saturated heterocycles. The van der Waals surface area contributed by atoms with Gasteiger partial charge < -0.3 is 15.5 Å². The van der Waals surface area contributed by atoms with Crippen LogP contribution in [0.15, 0.2) is 30.3 Å². The highest BCUT2D eigenvalue weighted by Gasteiger charge is 2.40. The van der Waals surface area contributed by atoms with Crippen molar-refractivity contribution in [2.24, 2.45) is 0 Å². The molecular weight excluding hydrogens is 278 g/mol. The molecule has 1 atom stereocenters. The van der Waals surface area contributed by atoms with E-state index in [2.05, 4.69) is 10.6 Å². The molecule has 118 valence electrons. The van der Waals surface area contributed by atoms with Crippen LogP contribution in [0.2, 0.25) is 0 Å². The summed E-state index contributed by atoms with van der Waals surface area (Å²) in [6.45, 7) is 2.37. The minimum atomic E-state index is -0.292. The van der Waals surface area contributed by atoms with Crippen LogP contribution >= 0.6 is 0 Å². The first-order valence-electron chi connectivity index (χ1n) is 8.09. The summed E-state index contributed by atoms with van der Waals surface area (Å²) in [6.07, 6.45) is 3.01. The monoisotopic (exact) mass is 301 g/mol. The van der Waals surface area contributed by atoms with Gasteiger partial charge in [-0.15, -0.1) is 0 Å². The minimum Gasteiger partial charge on any atom is -0.350 e. The number of piperidine rings is 1. The van der Waals surface area contributed by atoms with Crippen molar-refractivity contribution >= 4 is 11.8 Å². The van der Waals surface area contributed by atoms with Crippen LogP contribution in [-0.4, -0.2) is 41.9 Å². The summed E-state index contributed by atoms with van der Waals surface area (Å²) >= 11 is 0. The number of benzene rings is 1. The first-order valence-corrected chi connectivity index (χ1v) is 8.09. The van der Waals surface area contributed by atoms with Crippen molar-refractivity contribution in [1.29, 1.82) is 0 Å². The van der Waals surface area contributed by atoms with Gasteiger partial charge in [0, 0.05) is 19.0 Å². The molecule has 1 aromatic rings. The van der Waals surface area contributed by atoms with Crippen LogP contribution in [0.25, 0.3) is 0 Å². The Bertz CT molecular complexity index is 526. The normalized spacial score (nSPS) is 22.8. The maximum atomic E-state index is 12.5. The number of likely N-dealkylation sites (tertiary alicyclic amines) is 1. The molecule has 0 spiro atoms. The van der Waals surface area contributed by atoms with Gasteiger partial charge in [-0.3, -0.25) is 9.59 Å². The average Bonchev–Trinajstić information content (AvgIpc) is 2.96. The zero-order valence-corrected chi connectivity index (χ0v) is 12.8. The molecule has 5 heteroatoms. The lowest BCUT2D eigenvalue weighted by molar-refractivity contribution is -0.138. The van der Waals surface area contributed by atoms with E-state index in [4.69, 9.17) is 0 Å². The van der Waals surface area contributed by atoms with Gasteiger partial charge in [0.15, 0.2) is 0 Å². The predicted octanol–water partition coefficient (Wildman–Crippen LogP) is 1.05. The molecule has 0 aliphatic carbocycles. The van der Waals surface area contributed by atoms with Crippen molar-refractivity contribution in [3.8, 4) is 0 Å². The number of hydrogen-bond donors (Lipinski definition) is 2. The molecule has 5 nitrogen and oxygen atoms in total. The lowest BCUT2D eigenvalue weighted by Gasteiger charge is -2.35. The van der Waals surface area contributed by atoms with Crippen molar-refractivity contribution in [2.45, 2.75) is 44.3 Å². The maximum absolute atomic E-state index is 12.5. The molecule has 2 N–H and O–H groups in total. The van der Waals surface area contributed by atoms with E-state index in [9.17, 15) is 9.59 Å². The zero-order valence-electron chi connectivity index (χ0n) is 12.8. The van der Waals surface area contributed by atoms with Crippen LogP contribution < -0.4 is 10.6 Å². The van der Waals surface area contributed by atoms with E-state index >= 15 is 0 Å². The third-order valence-corrected chi connectivity index (χ3v) is 4.57. The van der Waals surface area contributed by atoms with Gasteiger partial charge >= 0.3 is 0 Å². The van der Waals surface area contributed by atoms with Gasteiger partial charge in [0.05, 0.1) is 0 Å². The molecule has 3 rings (SSSR count). The Morgan fingerprint density at radius 1 is 1.18 bits per heavy atom. The van der Waals surface area contributed by atoms with Crippen LogP contribution in [0.4, 0.5) is 0 Å². The molecule has 0 aromatic heterocycles. The topological polar surface area (TPSA) is 61.4 Å². The van der Waals surface area contributed by atoms with Crippen molar-refractivity contribution in [3.05, 3.63) is 35.9 Å². The van der Waals surface area contributed by atoms with E-state index in [1.54, 1.807) is 0 Å². The van der Waals surface area contributed by atoms with E-state index in [1.807, 2.05) is 35.2 Å². The standard InChI is InChI=1S/C17H23N3O2/c21-16-7-6-15(20(16)14-8-10-18-11-9-14)17(22)19-12-13-4-2-1-3-5-13/h1-5,14-15,18H,6-12H2,(H,19,22)/t15-/m1/s1. The smallest absolute Gasteiger partial charge is 0.243 e. The first-order chi connectivity index (χ1) is 10.8. The van der Waals surface area contributed by atoms with E-state index in [0.29, 0.717) is 19.4 Å². The molecule has 2 aliphatic rings. The van der Waals surface area contributed by atoms with Gasteiger partial charge in [0.1, 0.15) is 6.04 Å². The van der Waals surface area contributed by atoms with Crippen molar-refractivity contribution < 1.29 is 9.59 Å². The van der Waals surface area contributed by atoms with E-state index in [1.165, 1.54) is 0 Å². The molecule has 0 bridgehead atoms. The second-order valence-corrected chi connectivity index (χ2v) is 6.04. The Labute approximate surface area is 131 Å². The predicted molar refractivity (Wildman–Crippen MR) is 84.0 cm³/mol. The second kappa shape index (κ2) is 6.92. The molecule has 0 unspecified atom stereocenters. The Morgan fingerprint density at radius 2 is 1.91 bits per heavy atom. The number of amides is 2. The van der Waals surface area contributed by atoms with Crippen LogP contribution in [0.1, 0.15) is 31.2 Å². The van der Waals surface area contributed by atoms with Crippen molar-refractivity contribution in [2.75, 3.05) is 13.1 Å². The van der Waals surface area contributed by atoms with Crippen LogP contribution in [0.3, 0.4) is 0 Å². The SMILES string of the molecule is O=C(NCc1ccccc1)[C@H]1CCC(=O)N1C1CCNCC1. The van der Waals surface area contributed by atoms with Gasteiger partial charge in [-0.1, -0.05) is 30.3 Å². The molecule has 1 aromatic carbocycles. The molecule has 22 heavy (non-hydrogen) atoms. The summed E-state index contributed by atoms with van der Waals surface area (Å²) in [5.41, 5.74) is 1.08. The highest BCUT2D eigenvalue weighted by molar-refractivity contribution is 5.91. The Balaban J connectivity index is 1.61. The fourth-order valence-electron chi connectivity index (χ4n) is 3.41.